The molecule has 1 N–H and O–H groups in total. The van der Waals surface area contributed by atoms with E-state index in [9.17, 15) is 18.0 Å². The first kappa shape index (κ1) is 19.9. The van der Waals surface area contributed by atoms with Crippen LogP contribution in [0.4, 0.5) is 18.0 Å². The first-order valence-electron chi connectivity index (χ1n) is 9.19. The molecule has 2 aromatic heterocycles. The molecule has 0 spiro atoms. The number of nitrogens with one attached hydrogen (secondary N) is 1. The minimum Gasteiger partial charge on any atom is -0.445 e. The Morgan fingerprint density at radius 2 is 2.07 bits per heavy atom. The van der Waals surface area contributed by atoms with E-state index < -0.39 is 17.8 Å². The van der Waals surface area contributed by atoms with E-state index in [4.69, 9.17) is 4.74 Å². The van der Waals surface area contributed by atoms with Gasteiger partial charge in [-0.25, -0.2) is 4.79 Å². The summed E-state index contributed by atoms with van der Waals surface area (Å²) >= 11 is 0. The summed E-state index contributed by atoms with van der Waals surface area (Å²) in [7, 11) is 0. The lowest BCUT2D eigenvalue weighted by Gasteiger charge is -2.20. The van der Waals surface area contributed by atoms with Gasteiger partial charge in [0.1, 0.15) is 12.3 Å². The highest BCUT2D eigenvalue weighted by molar-refractivity contribution is 5.67. The van der Waals surface area contributed by atoms with E-state index in [1.54, 1.807) is 23.7 Å². The number of H-pyrrole nitrogens is 1. The number of halogens is 3. The van der Waals surface area contributed by atoms with Crippen LogP contribution in [0.15, 0.2) is 24.3 Å². The molecule has 0 unspecified atom stereocenters. The normalized spacial score (nSPS) is 14.3. The molecule has 4 rings (SSSR count). The summed E-state index contributed by atoms with van der Waals surface area (Å²) < 4.78 is 46.0. The second kappa shape index (κ2) is 7.76. The third-order valence-electron chi connectivity index (χ3n) is 4.67. The smallest absolute Gasteiger partial charge is 0.416 e. The lowest BCUT2D eigenvalue weighted by molar-refractivity contribution is -0.137. The minimum atomic E-state index is -4.45. The third kappa shape index (κ3) is 4.26. The standard InChI is InChI=1S/C18H18F3N7O2/c1-11-5-12(7-13(6-11)18(19,20)21)10-30-17(29)27-3-2-4-28-14(9-27)8-15(24-28)16-22-25-26-23-16/h5-8H,2-4,9-10H2,1H3,(H,22,23,25,26). The van der Waals surface area contributed by atoms with Crippen molar-refractivity contribution in [3.05, 3.63) is 46.6 Å². The average Bonchev–Trinajstić information content (AvgIpc) is 3.31. The average molecular weight is 421 g/mol. The van der Waals surface area contributed by atoms with Crippen LogP contribution >= 0.6 is 0 Å². The van der Waals surface area contributed by atoms with Gasteiger partial charge in [0.15, 0.2) is 0 Å². The van der Waals surface area contributed by atoms with Gasteiger partial charge in [-0.1, -0.05) is 11.6 Å². The van der Waals surface area contributed by atoms with Crippen molar-refractivity contribution in [2.75, 3.05) is 6.54 Å². The molecule has 12 heteroatoms. The van der Waals surface area contributed by atoms with Crippen LogP contribution in [0.1, 0.15) is 28.8 Å². The number of benzene rings is 1. The molecule has 1 aliphatic rings. The zero-order valence-corrected chi connectivity index (χ0v) is 16.0. The molecule has 9 nitrogen and oxygen atoms in total. The number of rotatable bonds is 3. The van der Waals surface area contributed by atoms with Crippen LogP contribution in [-0.4, -0.2) is 47.9 Å². The van der Waals surface area contributed by atoms with Gasteiger partial charge in [0, 0.05) is 13.1 Å². The molecular weight excluding hydrogens is 403 g/mol. The van der Waals surface area contributed by atoms with E-state index in [0.29, 0.717) is 36.6 Å². The molecule has 0 saturated heterocycles. The number of tetrazole rings is 1. The highest BCUT2D eigenvalue weighted by Gasteiger charge is 2.31. The van der Waals surface area contributed by atoms with Crippen LogP contribution in [0, 0.1) is 6.92 Å². The molecular formula is C18H18F3N7O2. The van der Waals surface area contributed by atoms with Crippen molar-refractivity contribution in [2.45, 2.75) is 39.2 Å². The van der Waals surface area contributed by atoms with E-state index in [1.807, 2.05) is 0 Å². The Balaban J connectivity index is 1.44. The Morgan fingerprint density at radius 1 is 1.23 bits per heavy atom. The number of aromatic amines is 1. The van der Waals surface area contributed by atoms with Crippen LogP contribution in [0.5, 0.6) is 0 Å². The number of carbonyl (C=O) groups excluding carboxylic acids is 1. The Bertz CT molecular complexity index is 1050. The SMILES string of the molecule is Cc1cc(COC(=O)N2CCCn3nc(-c4nn[nH]n4)cc3C2)cc(C(F)(F)F)c1. The maximum Gasteiger partial charge on any atom is 0.416 e. The Morgan fingerprint density at radius 3 is 2.80 bits per heavy atom. The molecule has 30 heavy (non-hydrogen) atoms. The summed E-state index contributed by atoms with van der Waals surface area (Å²) in [6.45, 7) is 2.63. The zero-order chi connectivity index (χ0) is 21.3. The van der Waals surface area contributed by atoms with Crippen LogP contribution < -0.4 is 0 Å². The molecule has 0 bridgehead atoms. The summed E-state index contributed by atoms with van der Waals surface area (Å²) in [5, 5.41) is 18.1. The maximum absolute atomic E-state index is 13.0. The van der Waals surface area contributed by atoms with Gasteiger partial charge in [0.25, 0.3) is 0 Å². The highest BCUT2D eigenvalue weighted by Crippen LogP contribution is 2.30. The van der Waals surface area contributed by atoms with Crippen molar-refractivity contribution in [1.29, 1.82) is 0 Å². The summed E-state index contributed by atoms with van der Waals surface area (Å²) in [6.07, 6.45) is -4.40. The number of hydrogen-bond acceptors (Lipinski definition) is 6. The van der Waals surface area contributed by atoms with E-state index >= 15 is 0 Å². The van der Waals surface area contributed by atoms with E-state index in [2.05, 4.69) is 25.7 Å². The van der Waals surface area contributed by atoms with Crippen LogP contribution in [0.25, 0.3) is 11.5 Å². The number of carbonyl (C=O) groups is 1. The van der Waals surface area contributed by atoms with Crippen molar-refractivity contribution in [3.63, 3.8) is 0 Å². The fourth-order valence-corrected chi connectivity index (χ4v) is 3.34. The quantitative estimate of drug-likeness (QED) is 0.698. The van der Waals surface area contributed by atoms with Gasteiger partial charge < -0.3 is 9.64 Å². The van der Waals surface area contributed by atoms with E-state index in [-0.39, 0.29) is 18.7 Å². The molecule has 3 heterocycles. The van der Waals surface area contributed by atoms with Gasteiger partial charge in [-0.05, 0) is 42.3 Å². The number of aromatic nitrogens is 6. The third-order valence-corrected chi connectivity index (χ3v) is 4.67. The molecule has 0 saturated carbocycles. The van der Waals surface area contributed by atoms with Crippen molar-refractivity contribution >= 4 is 6.09 Å². The Kier molecular flexibility index (Phi) is 5.14. The lowest BCUT2D eigenvalue weighted by atomic mass is 10.1. The fraction of sp³-hybridized carbons (Fsp3) is 0.389. The number of amides is 1. The number of hydrogen-bond donors (Lipinski definition) is 1. The van der Waals surface area contributed by atoms with Gasteiger partial charge >= 0.3 is 12.3 Å². The molecule has 0 aliphatic carbocycles. The van der Waals surface area contributed by atoms with Crippen LogP contribution in [0.3, 0.4) is 0 Å². The zero-order valence-electron chi connectivity index (χ0n) is 16.0. The van der Waals surface area contributed by atoms with Gasteiger partial charge in [-0.2, -0.15) is 23.5 Å². The monoisotopic (exact) mass is 421 g/mol. The number of aryl methyl sites for hydroxylation is 2. The number of alkyl halides is 3. The number of nitrogens with zero attached hydrogens (tertiary/aromatic N) is 6. The van der Waals surface area contributed by atoms with Crippen molar-refractivity contribution in [2.24, 2.45) is 0 Å². The minimum absolute atomic E-state index is 0.243. The molecule has 1 aromatic carbocycles. The van der Waals surface area contributed by atoms with Gasteiger partial charge in [0.2, 0.25) is 5.82 Å². The summed E-state index contributed by atoms with van der Waals surface area (Å²) in [6, 6.07) is 5.39. The number of ether oxygens (including phenoxy) is 1. The topological polar surface area (TPSA) is 102 Å². The van der Waals surface area contributed by atoms with Crippen molar-refractivity contribution < 1.29 is 22.7 Å². The Labute approximate surface area is 168 Å². The molecule has 1 aliphatic heterocycles. The summed E-state index contributed by atoms with van der Waals surface area (Å²) in [4.78, 5) is 14.0. The molecule has 0 fully saturated rings. The maximum atomic E-state index is 13.0. The predicted molar refractivity (Wildman–Crippen MR) is 96.8 cm³/mol. The summed E-state index contributed by atoms with van der Waals surface area (Å²) in [5.41, 5.74) is 1.28. The van der Waals surface area contributed by atoms with E-state index in [0.717, 1.165) is 17.8 Å². The second-order valence-electron chi connectivity index (χ2n) is 7.01. The largest absolute Gasteiger partial charge is 0.445 e. The summed E-state index contributed by atoms with van der Waals surface area (Å²) in [5.74, 6) is 0.351. The second-order valence-corrected chi connectivity index (χ2v) is 7.01. The van der Waals surface area contributed by atoms with Crippen molar-refractivity contribution in [3.8, 4) is 11.5 Å². The highest BCUT2D eigenvalue weighted by atomic mass is 19.4. The first-order chi connectivity index (χ1) is 14.3. The molecule has 3 aromatic rings. The predicted octanol–water partition coefficient (Wildman–Crippen LogP) is 2.93. The van der Waals surface area contributed by atoms with Gasteiger partial charge in [-0.3, -0.25) is 4.68 Å². The first-order valence-corrected chi connectivity index (χ1v) is 9.19. The molecule has 0 radical (unpaired) electrons. The van der Waals surface area contributed by atoms with Gasteiger partial charge in [-0.15, -0.1) is 10.2 Å². The molecule has 1 amide bonds. The van der Waals surface area contributed by atoms with Crippen LogP contribution in [0.2, 0.25) is 0 Å². The molecule has 0 atom stereocenters. The van der Waals surface area contributed by atoms with Crippen LogP contribution in [-0.2, 0) is 30.6 Å². The van der Waals surface area contributed by atoms with E-state index in [1.165, 1.54) is 4.90 Å². The fourth-order valence-electron chi connectivity index (χ4n) is 3.34. The Hall–Kier alpha value is -3.44. The lowest BCUT2D eigenvalue weighted by Crippen LogP contribution is -2.31. The van der Waals surface area contributed by atoms with Crippen molar-refractivity contribution in [1.82, 2.24) is 35.3 Å². The molecule has 158 valence electrons. The number of fused-ring (bicyclic) bond motifs is 1. The van der Waals surface area contributed by atoms with Gasteiger partial charge in [0.05, 0.1) is 17.8 Å².